The quantitative estimate of drug-likeness (QED) is 0.341. The molecule has 1 aromatic carbocycles. The van der Waals surface area contributed by atoms with E-state index in [1.54, 1.807) is 7.11 Å². The lowest BCUT2D eigenvalue weighted by Gasteiger charge is -2.11. The van der Waals surface area contributed by atoms with Gasteiger partial charge < -0.3 is 20.7 Å². The zero-order valence-corrected chi connectivity index (χ0v) is 14.1. The molecule has 1 aromatic rings. The Hall–Kier alpha value is -2.08. The molecular formula is C17H28N4O2. The van der Waals surface area contributed by atoms with Gasteiger partial charge in [0.05, 0.1) is 6.61 Å². The first-order valence-electron chi connectivity index (χ1n) is 8.08. The fraction of sp³-hybridized carbons (Fsp3) is 0.529. The van der Waals surface area contributed by atoms with E-state index in [9.17, 15) is 4.79 Å². The molecule has 23 heavy (non-hydrogen) atoms. The van der Waals surface area contributed by atoms with E-state index in [1.165, 1.54) is 5.56 Å². The molecule has 0 radical (unpaired) electrons. The minimum Gasteiger partial charge on any atom is -0.383 e. The van der Waals surface area contributed by atoms with Crippen molar-refractivity contribution < 1.29 is 9.53 Å². The van der Waals surface area contributed by atoms with E-state index in [4.69, 9.17) is 4.74 Å². The Balaban J connectivity index is 2.27. The summed E-state index contributed by atoms with van der Waals surface area (Å²) in [7, 11) is 1.60. The second kappa shape index (κ2) is 12.5. The van der Waals surface area contributed by atoms with Gasteiger partial charge in [-0.05, 0) is 25.3 Å². The van der Waals surface area contributed by atoms with Gasteiger partial charge in [0.25, 0.3) is 0 Å². The van der Waals surface area contributed by atoms with Gasteiger partial charge in [0.2, 0.25) is 5.91 Å². The fourth-order valence-electron chi connectivity index (χ4n) is 1.99. The summed E-state index contributed by atoms with van der Waals surface area (Å²) in [5.41, 5.74) is 1.33. The lowest BCUT2D eigenvalue weighted by Crippen LogP contribution is -2.39. The van der Waals surface area contributed by atoms with Crippen LogP contribution in [-0.4, -0.2) is 51.8 Å². The summed E-state index contributed by atoms with van der Waals surface area (Å²) < 4.78 is 4.88. The van der Waals surface area contributed by atoms with Crippen LogP contribution in [0.15, 0.2) is 35.3 Å². The summed E-state index contributed by atoms with van der Waals surface area (Å²) >= 11 is 0. The van der Waals surface area contributed by atoms with Crippen molar-refractivity contribution >= 4 is 11.9 Å². The lowest BCUT2D eigenvalue weighted by molar-refractivity contribution is -0.119. The van der Waals surface area contributed by atoms with E-state index in [0.29, 0.717) is 19.1 Å². The number of guanidine groups is 1. The molecule has 0 bridgehead atoms. The van der Waals surface area contributed by atoms with Crippen LogP contribution in [-0.2, 0) is 16.0 Å². The number of rotatable bonds is 10. The van der Waals surface area contributed by atoms with Crippen LogP contribution in [0.5, 0.6) is 0 Å². The standard InChI is InChI=1S/C17H28N4O2/c1-3-18-17(21-14-16(22)19-12-13-23-2)20-11-7-10-15-8-5-4-6-9-15/h4-6,8-9H,3,7,10-14H2,1-2H3,(H,19,22)(H2,18,20,21). The zero-order valence-electron chi connectivity index (χ0n) is 14.1. The maximum Gasteiger partial charge on any atom is 0.241 e. The van der Waals surface area contributed by atoms with Gasteiger partial charge in [-0.2, -0.15) is 0 Å². The van der Waals surface area contributed by atoms with Crippen molar-refractivity contribution in [1.29, 1.82) is 0 Å². The van der Waals surface area contributed by atoms with Crippen LogP contribution in [0.1, 0.15) is 18.9 Å². The molecule has 1 rings (SSSR count). The Kier molecular flexibility index (Phi) is 10.3. The second-order valence-electron chi connectivity index (χ2n) is 5.05. The molecule has 0 saturated carbocycles. The van der Waals surface area contributed by atoms with Crippen LogP contribution in [0.3, 0.4) is 0 Å². The van der Waals surface area contributed by atoms with Gasteiger partial charge in [-0.15, -0.1) is 0 Å². The number of carbonyl (C=O) groups is 1. The number of carbonyl (C=O) groups excluding carboxylic acids is 1. The summed E-state index contributed by atoms with van der Waals surface area (Å²) in [6.45, 7) is 4.69. The molecule has 128 valence electrons. The molecule has 0 aromatic heterocycles. The van der Waals surface area contributed by atoms with Crippen molar-refractivity contribution in [2.24, 2.45) is 4.99 Å². The van der Waals surface area contributed by atoms with Crippen LogP contribution in [0.4, 0.5) is 0 Å². The third kappa shape index (κ3) is 9.52. The molecule has 0 heterocycles. The number of aliphatic imine (C=N–C) groups is 1. The molecule has 0 spiro atoms. The SMILES string of the molecule is CCNC(=NCC(=O)NCCOC)NCCCc1ccccc1. The minimum atomic E-state index is -0.108. The first-order chi connectivity index (χ1) is 11.3. The summed E-state index contributed by atoms with van der Waals surface area (Å²) in [5.74, 6) is 0.561. The molecule has 0 unspecified atom stereocenters. The van der Waals surface area contributed by atoms with Crippen molar-refractivity contribution in [3.63, 3.8) is 0 Å². The topological polar surface area (TPSA) is 74.8 Å². The third-order valence-corrected chi connectivity index (χ3v) is 3.13. The van der Waals surface area contributed by atoms with E-state index in [-0.39, 0.29) is 12.5 Å². The van der Waals surface area contributed by atoms with E-state index < -0.39 is 0 Å². The summed E-state index contributed by atoms with van der Waals surface area (Å²) in [6.07, 6.45) is 2.03. The Morgan fingerprint density at radius 1 is 1.13 bits per heavy atom. The number of aryl methyl sites for hydroxylation is 1. The lowest BCUT2D eigenvalue weighted by atomic mass is 10.1. The van der Waals surface area contributed by atoms with E-state index in [1.807, 2.05) is 13.0 Å². The van der Waals surface area contributed by atoms with Gasteiger partial charge in [0, 0.05) is 26.7 Å². The van der Waals surface area contributed by atoms with Gasteiger partial charge in [-0.25, -0.2) is 4.99 Å². The fourth-order valence-corrected chi connectivity index (χ4v) is 1.99. The number of nitrogens with zero attached hydrogens (tertiary/aromatic N) is 1. The van der Waals surface area contributed by atoms with Crippen LogP contribution in [0.25, 0.3) is 0 Å². The number of amides is 1. The first-order valence-corrected chi connectivity index (χ1v) is 8.08. The Bertz CT molecular complexity index is 463. The van der Waals surface area contributed by atoms with Gasteiger partial charge in [0.15, 0.2) is 5.96 Å². The van der Waals surface area contributed by atoms with Gasteiger partial charge in [-0.1, -0.05) is 30.3 Å². The predicted molar refractivity (Wildman–Crippen MR) is 93.6 cm³/mol. The molecule has 6 heteroatoms. The van der Waals surface area contributed by atoms with Crippen LogP contribution >= 0.6 is 0 Å². The maximum atomic E-state index is 11.6. The van der Waals surface area contributed by atoms with E-state index in [0.717, 1.165) is 25.9 Å². The van der Waals surface area contributed by atoms with E-state index in [2.05, 4.69) is 45.2 Å². The van der Waals surface area contributed by atoms with Crippen molar-refractivity contribution in [1.82, 2.24) is 16.0 Å². The molecule has 1 amide bonds. The molecule has 0 atom stereocenters. The maximum absolute atomic E-state index is 11.6. The predicted octanol–water partition coefficient (Wildman–Crippen LogP) is 0.937. The van der Waals surface area contributed by atoms with Crippen molar-refractivity contribution in [3.05, 3.63) is 35.9 Å². The van der Waals surface area contributed by atoms with Crippen molar-refractivity contribution in [3.8, 4) is 0 Å². The smallest absolute Gasteiger partial charge is 0.241 e. The minimum absolute atomic E-state index is 0.108. The molecule has 0 saturated heterocycles. The van der Waals surface area contributed by atoms with Gasteiger partial charge in [0.1, 0.15) is 6.54 Å². The number of nitrogens with one attached hydrogen (secondary N) is 3. The molecule has 0 aliphatic rings. The molecule has 6 nitrogen and oxygen atoms in total. The van der Waals surface area contributed by atoms with E-state index >= 15 is 0 Å². The van der Waals surface area contributed by atoms with Crippen molar-refractivity contribution in [2.45, 2.75) is 19.8 Å². The number of methoxy groups -OCH3 is 1. The van der Waals surface area contributed by atoms with Crippen LogP contribution in [0, 0.1) is 0 Å². The summed E-state index contributed by atoms with van der Waals surface area (Å²) in [5, 5.41) is 9.13. The molecule has 0 fully saturated rings. The average molecular weight is 320 g/mol. The average Bonchev–Trinajstić information content (AvgIpc) is 2.57. The van der Waals surface area contributed by atoms with Crippen LogP contribution < -0.4 is 16.0 Å². The highest BCUT2D eigenvalue weighted by Crippen LogP contribution is 2.01. The zero-order chi connectivity index (χ0) is 16.8. The highest BCUT2D eigenvalue weighted by molar-refractivity contribution is 5.84. The van der Waals surface area contributed by atoms with Crippen LogP contribution in [0.2, 0.25) is 0 Å². The molecular weight excluding hydrogens is 292 g/mol. The van der Waals surface area contributed by atoms with Gasteiger partial charge >= 0.3 is 0 Å². The highest BCUT2D eigenvalue weighted by Gasteiger charge is 2.01. The Labute approximate surface area is 138 Å². The Morgan fingerprint density at radius 3 is 2.61 bits per heavy atom. The Morgan fingerprint density at radius 2 is 1.91 bits per heavy atom. The largest absolute Gasteiger partial charge is 0.383 e. The number of benzene rings is 1. The molecule has 0 aliphatic heterocycles. The summed E-state index contributed by atoms with van der Waals surface area (Å²) in [6, 6.07) is 10.4. The highest BCUT2D eigenvalue weighted by atomic mass is 16.5. The first kappa shape index (κ1) is 19.0. The molecule has 0 aliphatic carbocycles. The van der Waals surface area contributed by atoms with Gasteiger partial charge in [-0.3, -0.25) is 4.79 Å². The van der Waals surface area contributed by atoms with Crippen molar-refractivity contribution in [2.75, 3.05) is 39.9 Å². The second-order valence-corrected chi connectivity index (χ2v) is 5.05. The number of hydrogen-bond donors (Lipinski definition) is 3. The normalized spacial score (nSPS) is 11.1. The third-order valence-electron chi connectivity index (χ3n) is 3.13. The summed E-state index contributed by atoms with van der Waals surface area (Å²) in [4.78, 5) is 15.9. The molecule has 3 N–H and O–H groups in total. The number of hydrogen-bond acceptors (Lipinski definition) is 3. The number of ether oxygens (including phenoxy) is 1. The monoisotopic (exact) mass is 320 g/mol.